The van der Waals surface area contributed by atoms with E-state index in [0.29, 0.717) is 11.3 Å². The number of benzene rings is 2. The van der Waals surface area contributed by atoms with E-state index < -0.39 is 16.6 Å². The zero-order valence-electron chi connectivity index (χ0n) is 10.9. The lowest BCUT2D eigenvalue weighted by atomic mass is 10.1. The van der Waals surface area contributed by atoms with Crippen molar-refractivity contribution in [2.24, 2.45) is 0 Å². The molecular formula is C14H10BrFN2O3. The summed E-state index contributed by atoms with van der Waals surface area (Å²) in [5, 5.41) is 13.3. The first kappa shape index (κ1) is 15.1. The minimum atomic E-state index is -0.573. The number of nitrogens with zero attached hydrogens (tertiary/aromatic N) is 1. The summed E-state index contributed by atoms with van der Waals surface area (Å²) in [4.78, 5) is 22.2. The van der Waals surface area contributed by atoms with Crippen LogP contribution in [-0.4, -0.2) is 10.8 Å². The second kappa shape index (κ2) is 6.01. The first-order chi connectivity index (χ1) is 9.88. The molecule has 0 radical (unpaired) electrons. The van der Waals surface area contributed by atoms with E-state index in [1.54, 1.807) is 6.92 Å². The molecule has 0 aliphatic carbocycles. The predicted octanol–water partition coefficient (Wildman–Crippen LogP) is 4.06. The third kappa shape index (κ3) is 3.43. The Bertz CT molecular complexity index is 734. The molecule has 0 heterocycles. The third-order valence-electron chi connectivity index (χ3n) is 2.83. The van der Waals surface area contributed by atoms with Gasteiger partial charge in [0.2, 0.25) is 0 Å². The van der Waals surface area contributed by atoms with Crippen molar-refractivity contribution in [3.05, 3.63) is 67.9 Å². The molecule has 2 aromatic rings. The third-order valence-corrected chi connectivity index (χ3v) is 3.44. The maximum absolute atomic E-state index is 13.3. The fraction of sp³-hybridized carbons (Fsp3) is 0.0714. The maximum atomic E-state index is 13.3. The van der Waals surface area contributed by atoms with Crippen LogP contribution in [0.5, 0.6) is 0 Å². The molecule has 0 atom stereocenters. The van der Waals surface area contributed by atoms with Crippen molar-refractivity contribution in [1.82, 2.24) is 0 Å². The van der Waals surface area contributed by atoms with Crippen molar-refractivity contribution >= 4 is 33.2 Å². The number of carbonyl (C=O) groups is 1. The van der Waals surface area contributed by atoms with Crippen molar-refractivity contribution in [3.8, 4) is 0 Å². The molecule has 0 aliphatic heterocycles. The Morgan fingerprint density at radius 3 is 2.71 bits per heavy atom. The zero-order chi connectivity index (χ0) is 15.6. The van der Waals surface area contributed by atoms with E-state index in [2.05, 4.69) is 21.2 Å². The number of nitrogens with one attached hydrogen (secondary N) is 1. The molecule has 2 rings (SSSR count). The van der Waals surface area contributed by atoms with Crippen LogP contribution in [0, 0.1) is 22.9 Å². The van der Waals surface area contributed by atoms with Crippen LogP contribution < -0.4 is 5.32 Å². The van der Waals surface area contributed by atoms with E-state index in [0.717, 1.165) is 0 Å². The smallest absolute Gasteiger partial charge is 0.270 e. The second-order valence-electron chi connectivity index (χ2n) is 4.34. The van der Waals surface area contributed by atoms with Gasteiger partial charge in [-0.15, -0.1) is 0 Å². The molecule has 0 aliphatic rings. The van der Waals surface area contributed by atoms with E-state index >= 15 is 0 Å². The van der Waals surface area contributed by atoms with Crippen LogP contribution in [0.3, 0.4) is 0 Å². The Labute approximate surface area is 128 Å². The average molecular weight is 353 g/mol. The van der Waals surface area contributed by atoms with Crippen molar-refractivity contribution in [2.75, 3.05) is 5.32 Å². The van der Waals surface area contributed by atoms with Gasteiger partial charge in [0.25, 0.3) is 11.6 Å². The molecule has 1 N–H and O–H groups in total. The normalized spacial score (nSPS) is 10.2. The van der Waals surface area contributed by atoms with Gasteiger partial charge in [0, 0.05) is 23.4 Å². The molecule has 108 valence electrons. The fourth-order valence-electron chi connectivity index (χ4n) is 1.74. The van der Waals surface area contributed by atoms with Crippen LogP contribution in [0.1, 0.15) is 15.9 Å². The van der Waals surface area contributed by atoms with Gasteiger partial charge >= 0.3 is 0 Å². The number of carbonyl (C=O) groups excluding carboxylic acids is 1. The highest BCUT2D eigenvalue weighted by Crippen LogP contribution is 2.25. The summed E-state index contributed by atoms with van der Waals surface area (Å²) in [7, 11) is 0. The molecule has 0 aromatic heterocycles. The van der Waals surface area contributed by atoms with E-state index in [1.165, 1.54) is 36.4 Å². The molecule has 5 nitrogen and oxygen atoms in total. The zero-order valence-corrected chi connectivity index (χ0v) is 12.5. The van der Waals surface area contributed by atoms with Crippen LogP contribution in [0.2, 0.25) is 0 Å². The van der Waals surface area contributed by atoms with Gasteiger partial charge in [-0.25, -0.2) is 4.39 Å². The van der Waals surface area contributed by atoms with Gasteiger partial charge in [-0.3, -0.25) is 14.9 Å². The van der Waals surface area contributed by atoms with Gasteiger partial charge in [-0.1, -0.05) is 6.07 Å². The van der Waals surface area contributed by atoms with Crippen molar-refractivity contribution in [3.63, 3.8) is 0 Å². The van der Waals surface area contributed by atoms with Crippen LogP contribution in [0.25, 0.3) is 0 Å². The number of amides is 1. The lowest BCUT2D eigenvalue weighted by Gasteiger charge is -2.09. The summed E-state index contributed by atoms with van der Waals surface area (Å²) in [6.45, 7) is 1.65. The number of hydrogen-bond acceptors (Lipinski definition) is 3. The van der Waals surface area contributed by atoms with Crippen molar-refractivity contribution < 1.29 is 14.1 Å². The number of nitro benzene ring substituents is 1. The summed E-state index contributed by atoms with van der Waals surface area (Å²) in [6.07, 6.45) is 0. The monoisotopic (exact) mass is 352 g/mol. The van der Waals surface area contributed by atoms with E-state index in [9.17, 15) is 19.3 Å². The highest BCUT2D eigenvalue weighted by atomic mass is 79.9. The lowest BCUT2D eigenvalue weighted by molar-refractivity contribution is -0.384. The predicted molar refractivity (Wildman–Crippen MR) is 79.9 cm³/mol. The van der Waals surface area contributed by atoms with Gasteiger partial charge in [-0.2, -0.15) is 0 Å². The average Bonchev–Trinajstić information content (AvgIpc) is 2.44. The van der Waals surface area contributed by atoms with Crippen LogP contribution in [-0.2, 0) is 0 Å². The van der Waals surface area contributed by atoms with E-state index in [1.807, 2.05) is 0 Å². The minimum absolute atomic E-state index is 0.157. The first-order valence-corrected chi connectivity index (χ1v) is 6.69. The molecular weight excluding hydrogens is 343 g/mol. The Kier molecular flexibility index (Phi) is 4.32. The van der Waals surface area contributed by atoms with E-state index in [-0.39, 0.29) is 15.7 Å². The van der Waals surface area contributed by atoms with Gasteiger partial charge in [0.15, 0.2) is 0 Å². The van der Waals surface area contributed by atoms with Crippen LogP contribution in [0.4, 0.5) is 15.8 Å². The minimum Gasteiger partial charge on any atom is -0.322 e. The Morgan fingerprint density at radius 1 is 1.33 bits per heavy atom. The molecule has 0 bridgehead atoms. The molecule has 0 fully saturated rings. The Hall–Kier alpha value is -2.28. The standard InChI is InChI=1S/C14H10BrFN2O3/c1-8-5-12(16)11(15)7-13(8)17-14(19)9-3-2-4-10(6-9)18(20)21/h2-7H,1H3,(H,17,19). The van der Waals surface area contributed by atoms with Crippen LogP contribution >= 0.6 is 15.9 Å². The fourth-order valence-corrected chi connectivity index (χ4v) is 2.08. The number of aryl methyl sites for hydroxylation is 1. The Balaban J connectivity index is 2.28. The lowest BCUT2D eigenvalue weighted by Crippen LogP contribution is -2.13. The number of hydrogen-bond donors (Lipinski definition) is 1. The largest absolute Gasteiger partial charge is 0.322 e. The first-order valence-electron chi connectivity index (χ1n) is 5.90. The molecule has 7 heteroatoms. The number of nitro groups is 1. The van der Waals surface area contributed by atoms with Gasteiger partial charge in [0.1, 0.15) is 5.82 Å². The number of rotatable bonds is 3. The van der Waals surface area contributed by atoms with Crippen LogP contribution in [0.15, 0.2) is 40.9 Å². The number of non-ortho nitro benzene ring substituents is 1. The van der Waals surface area contributed by atoms with Crippen molar-refractivity contribution in [2.45, 2.75) is 6.92 Å². The summed E-state index contributed by atoms with van der Waals surface area (Å²) in [5.41, 5.74) is 0.970. The number of halogens is 2. The SMILES string of the molecule is Cc1cc(F)c(Br)cc1NC(=O)c1cccc([N+](=O)[O-])c1. The molecule has 21 heavy (non-hydrogen) atoms. The highest BCUT2D eigenvalue weighted by Gasteiger charge is 2.13. The molecule has 0 saturated heterocycles. The quantitative estimate of drug-likeness (QED) is 0.668. The van der Waals surface area contributed by atoms with Gasteiger partial charge in [-0.05, 0) is 46.6 Å². The molecule has 0 unspecified atom stereocenters. The van der Waals surface area contributed by atoms with Gasteiger partial charge in [0.05, 0.1) is 9.40 Å². The summed E-state index contributed by atoms with van der Waals surface area (Å²) < 4.78 is 13.6. The van der Waals surface area contributed by atoms with Gasteiger partial charge < -0.3 is 5.32 Å². The molecule has 1 amide bonds. The molecule has 0 spiro atoms. The number of anilines is 1. The summed E-state index contributed by atoms with van der Waals surface area (Å²) in [5.74, 6) is -0.929. The van der Waals surface area contributed by atoms with E-state index in [4.69, 9.17) is 0 Å². The summed E-state index contributed by atoms with van der Waals surface area (Å²) >= 11 is 3.04. The second-order valence-corrected chi connectivity index (χ2v) is 5.20. The maximum Gasteiger partial charge on any atom is 0.270 e. The Morgan fingerprint density at radius 2 is 2.05 bits per heavy atom. The molecule has 0 saturated carbocycles. The highest BCUT2D eigenvalue weighted by molar-refractivity contribution is 9.10. The topological polar surface area (TPSA) is 72.2 Å². The molecule has 2 aromatic carbocycles. The van der Waals surface area contributed by atoms with Crippen molar-refractivity contribution in [1.29, 1.82) is 0 Å². The summed E-state index contributed by atoms with van der Waals surface area (Å²) in [6, 6.07) is 8.11.